The van der Waals surface area contributed by atoms with Crippen molar-refractivity contribution in [2.45, 2.75) is 25.9 Å². The summed E-state index contributed by atoms with van der Waals surface area (Å²) in [4.78, 5) is 13.4. The fourth-order valence-corrected chi connectivity index (χ4v) is 2.32. The molecule has 1 heterocycles. The molecule has 2 rings (SSSR count). The van der Waals surface area contributed by atoms with E-state index in [2.05, 4.69) is 7.05 Å². The summed E-state index contributed by atoms with van der Waals surface area (Å²) in [7, 11) is 2.15. The molecule has 1 N–H and O–H groups in total. The lowest BCUT2D eigenvalue weighted by molar-refractivity contribution is -0.888. The molecule has 1 saturated heterocycles. The van der Waals surface area contributed by atoms with Crippen molar-refractivity contribution in [2.24, 2.45) is 0 Å². The highest BCUT2D eigenvalue weighted by atomic mass is 16.5. The summed E-state index contributed by atoms with van der Waals surface area (Å²) in [6.45, 7) is 4.09. The van der Waals surface area contributed by atoms with Gasteiger partial charge in [0.25, 0.3) is 0 Å². The van der Waals surface area contributed by atoms with E-state index in [1.54, 1.807) is 0 Å². The molecule has 0 saturated carbocycles. The molecule has 0 amide bonds. The third kappa shape index (κ3) is 3.30. The highest BCUT2D eigenvalue weighted by Crippen LogP contribution is 2.10. The highest BCUT2D eigenvalue weighted by Gasteiger charge is 2.24. The normalized spacial score (nSPS) is 24.4. The zero-order valence-corrected chi connectivity index (χ0v) is 10.5. The van der Waals surface area contributed by atoms with E-state index in [0.29, 0.717) is 5.56 Å². The molecule has 1 aliphatic rings. The van der Waals surface area contributed by atoms with Crippen LogP contribution < -0.4 is 4.90 Å². The Balaban J connectivity index is 1.97. The minimum absolute atomic E-state index is 0.0803. The molecule has 0 spiro atoms. The fraction of sp³-hybridized carbons (Fsp3) is 0.500. The van der Waals surface area contributed by atoms with E-state index < -0.39 is 0 Å². The van der Waals surface area contributed by atoms with Crippen LogP contribution in [0.5, 0.6) is 0 Å². The molecule has 17 heavy (non-hydrogen) atoms. The van der Waals surface area contributed by atoms with Crippen molar-refractivity contribution in [2.75, 3.05) is 20.1 Å². The number of rotatable bonds is 2. The second kappa shape index (κ2) is 5.32. The molecule has 2 atom stereocenters. The zero-order chi connectivity index (χ0) is 12.3. The molecule has 1 unspecified atom stereocenters. The number of hydrogen-bond donors (Lipinski definition) is 1. The number of carbonyl (C=O) groups is 1. The number of likely N-dealkylation sites (tertiary alicyclic amines) is 1. The molecular weight excluding hydrogens is 214 g/mol. The van der Waals surface area contributed by atoms with Crippen molar-refractivity contribution >= 4 is 5.97 Å². The van der Waals surface area contributed by atoms with E-state index in [9.17, 15) is 4.79 Å². The van der Waals surface area contributed by atoms with Gasteiger partial charge in [0, 0.05) is 6.42 Å². The van der Waals surface area contributed by atoms with Crippen molar-refractivity contribution < 1.29 is 14.4 Å². The maximum absolute atomic E-state index is 11.9. The molecule has 0 bridgehead atoms. The van der Waals surface area contributed by atoms with Crippen molar-refractivity contribution in [3.8, 4) is 0 Å². The predicted molar refractivity (Wildman–Crippen MR) is 66.2 cm³/mol. The largest absolute Gasteiger partial charge is 0.453 e. The number of piperidine rings is 1. The molecule has 0 aliphatic carbocycles. The Bertz CT molecular complexity index is 403. The summed E-state index contributed by atoms with van der Waals surface area (Å²) < 4.78 is 5.54. The van der Waals surface area contributed by atoms with Gasteiger partial charge in [0.15, 0.2) is 6.10 Å². The van der Waals surface area contributed by atoms with Crippen LogP contribution in [0, 0.1) is 6.92 Å². The number of likely N-dealkylation sites (N-methyl/N-ethyl adjacent to an activating group) is 1. The van der Waals surface area contributed by atoms with Crippen LogP contribution >= 0.6 is 0 Å². The lowest BCUT2D eigenvalue weighted by Crippen LogP contribution is -3.11. The molecule has 1 fully saturated rings. The quantitative estimate of drug-likeness (QED) is 0.768. The van der Waals surface area contributed by atoms with E-state index >= 15 is 0 Å². The van der Waals surface area contributed by atoms with Crippen molar-refractivity contribution in [1.82, 2.24) is 0 Å². The van der Waals surface area contributed by atoms with Crippen LogP contribution in [0.4, 0.5) is 0 Å². The van der Waals surface area contributed by atoms with Crippen LogP contribution in [0.25, 0.3) is 0 Å². The average molecular weight is 234 g/mol. The minimum Gasteiger partial charge on any atom is -0.453 e. The predicted octanol–water partition coefficient (Wildman–Crippen LogP) is 0.829. The van der Waals surface area contributed by atoms with E-state index in [4.69, 9.17) is 4.74 Å². The number of quaternary nitrogens is 1. The van der Waals surface area contributed by atoms with Crippen molar-refractivity contribution in [1.29, 1.82) is 0 Å². The Labute approximate surface area is 102 Å². The van der Waals surface area contributed by atoms with Crippen LogP contribution in [0.1, 0.15) is 28.8 Å². The Hall–Kier alpha value is -1.35. The van der Waals surface area contributed by atoms with Gasteiger partial charge in [-0.25, -0.2) is 4.79 Å². The van der Waals surface area contributed by atoms with Gasteiger partial charge in [-0.05, 0) is 25.5 Å². The number of nitrogens with one attached hydrogen (secondary N) is 1. The first-order valence-electron chi connectivity index (χ1n) is 6.24. The number of ether oxygens (including phenoxy) is 1. The molecule has 3 heteroatoms. The summed E-state index contributed by atoms with van der Waals surface area (Å²) in [5.74, 6) is -0.187. The first-order valence-corrected chi connectivity index (χ1v) is 6.24. The van der Waals surface area contributed by atoms with Gasteiger partial charge in [0.2, 0.25) is 0 Å². The van der Waals surface area contributed by atoms with Gasteiger partial charge in [0.05, 0.1) is 19.2 Å². The SMILES string of the molecule is Cc1cccc(C(=O)O[C@@H]2CCC[NH+](C)C2)c1. The Kier molecular flexibility index (Phi) is 3.79. The molecule has 0 radical (unpaired) electrons. The van der Waals surface area contributed by atoms with Crippen LogP contribution in [0.15, 0.2) is 24.3 Å². The van der Waals surface area contributed by atoms with Gasteiger partial charge in [0.1, 0.15) is 6.54 Å². The van der Waals surface area contributed by atoms with Gasteiger partial charge < -0.3 is 9.64 Å². The molecule has 92 valence electrons. The second-order valence-electron chi connectivity index (χ2n) is 4.95. The van der Waals surface area contributed by atoms with Gasteiger partial charge in [-0.15, -0.1) is 0 Å². The Morgan fingerprint density at radius 2 is 2.29 bits per heavy atom. The summed E-state index contributed by atoms with van der Waals surface area (Å²) in [5.41, 5.74) is 1.75. The summed E-state index contributed by atoms with van der Waals surface area (Å²) in [6.07, 6.45) is 2.21. The third-order valence-electron chi connectivity index (χ3n) is 3.23. The molecule has 1 aromatic carbocycles. The summed E-state index contributed by atoms with van der Waals surface area (Å²) >= 11 is 0. The number of carbonyl (C=O) groups excluding carboxylic acids is 1. The standard InChI is InChI=1S/C14H19NO2/c1-11-5-3-6-12(9-11)14(16)17-13-7-4-8-15(2)10-13/h3,5-6,9,13H,4,7-8,10H2,1-2H3/p+1/t13-/m1/s1. The van der Waals surface area contributed by atoms with E-state index in [1.165, 1.54) is 11.4 Å². The number of benzene rings is 1. The van der Waals surface area contributed by atoms with Crippen molar-refractivity contribution in [3.05, 3.63) is 35.4 Å². The molecule has 1 aromatic rings. The zero-order valence-electron chi connectivity index (χ0n) is 10.5. The van der Waals surface area contributed by atoms with E-state index in [-0.39, 0.29) is 12.1 Å². The first-order chi connectivity index (χ1) is 8.15. The van der Waals surface area contributed by atoms with E-state index in [1.807, 2.05) is 31.2 Å². The maximum Gasteiger partial charge on any atom is 0.338 e. The fourth-order valence-electron chi connectivity index (χ4n) is 2.32. The Morgan fingerprint density at radius 1 is 1.47 bits per heavy atom. The smallest absolute Gasteiger partial charge is 0.338 e. The monoisotopic (exact) mass is 234 g/mol. The lowest BCUT2D eigenvalue weighted by atomic mass is 10.1. The number of hydrogen-bond acceptors (Lipinski definition) is 2. The highest BCUT2D eigenvalue weighted by molar-refractivity contribution is 5.89. The van der Waals surface area contributed by atoms with Crippen LogP contribution in [-0.2, 0) is 4.74 Å². The van der Waals surface area contributed by atoms with Crippen LogP contribution in [-0.4, -0.2) is 32.2 Å². The molecule has 3 nitrogen and oxygen atoms in total. The number of esters is 1. The average Bonchev–Trinajstić information content (AvgIpc) is 2.29. The van der Waals surface area contributed by atoms with Gasteiger partial charge >= 0.3 is 5.97 Å². The number of aryl methyl sites for hydroxylation is 1. The van der Waals surface area contributed by atoms with E-state index in [0.717, 1.165) is 24.9 Å². The van der Waals surface area contributed by atoms with Crippen LogP contribution in [0.3, 0.4) is 0 Å². The van der Waals surface area contributed by atoms with Crippen LogP contribution in [0.2, 0.25) is 0 Å². The van der Waals surface area contributed by atoms with Gasteiger partial charge in [-0.3, -0.25) is 0 Å². The maximum atomic E-state index is 11.9. The topological polar surface area (TPSA) is 30.7 Å². The molecule has 1 aliphatic heterocycles. The summed E-state index contributed by atoms with van der Waals surface area (Å²) in [5, 5.41) is 0. The molecular formula is C14H20NO2+. The first kappa shape index (κ1) is 12.1. The third-order valence-corrected chi connectivity index (χ3v) is 3.23. The minimum atomic E-state index is -0.187. The second-order valence-corrected chi connectivity index (χ2v) is 4.95. The van der Waals surface area contributed by atoms with Gasteiger partial charge in [-0.2, -0.15) is 0 Å². The van der Waals surface area contributed by atoms with Gasteiger partial charge in [-0.1, -0.05) is 17.7 Å². The summed E-state index contributed by atoms with van der Waals surface area (Å²) in [6, 6.07) is 7.57. The van der Waals surface area contributed by atoms with Crippen molar-refractivity contribution in [3.63, 3.8) is 0 Å². The lowest BCUT2D eigenvalue weighted by Gasteiger charge is -2.26. The Morgan fingerprint density at radius 3 is 3.00 bits per heavy atom. The molecule has 0 aromatic heterocycles.